The lowest BCUT2D eigenvalue weighted by molar-refractivity contribution is 0.210. The molecule has 0 aliphatic heterocycles. The average Bonchev–Trinajstić information content (AvgIpc) is 2.24. The van der Waals surface area contributed by atoms with Gasteiger partial charge in [-0.3, -0.25) is 4.90 Å². The number of terminal acetylenes is 1. The minimum absolute atomic E-state index is 0.590. The third-order valence-corrected chi connectivity index (χ3v) is 2.60. The zero-order valence-corrected chi connectivity index (χ0v) is 10.6. The highest BCUT2D eigenvalue weighted by Gasteiger charge is 2.13. The Morgan fingerprint density at radius 1 is 1.27 bits per heavy atom. The number of rotatable bonds is 9. The van der Waals surface area contributed by atoms with Gasteiger partial charge in [-0.1, -0.05) is 26.7 Å². The van der Waals surface area contributed by atoms with Crippen LogP contribution in [0.3, 0.4) is 0 Å². The predicted molar refractivity (Wildman–Crippen MR) is 67.9 cm³/mol. The first-order valence-electron chi connectivity index (χ1n) is 6.18. The second kappa shape index (κ2) is 10.0. The van der Waals surface area contributed by atoms with Crippen molar-refractivity contribution in [3.63, 3.8) is 0 Å². The maximum atomic E-state index is 5.39. The molecule has 0 radical (unpaired) electrons. The van der Waals surface area contributed by atoms with Gasteiger partial charge in [0.1, 0.15) is 0 Å². The molecule has 0 bridgehead atoms. The first-order chi connectivity index (χ1) is 7.29. The fourth-order valence-corrected chi connectivity index (χ4v) is 1.77. The van der Waals surface area contributed by atoms with Gasteiger partial charge in [0, 0.05) is 12.6 Å². The van der Waals surface area contributed by atoms with Gasteiger partial charge in [0.05, 0.1) is 6.54 Å². The van der Waals surface area contributed by atoms with Crippen LogP contribution in [0.5, 0.6) is 0 Å². The summed E-state index contributed by atoms with van der Waals surface area (Å²) in [4.78, 5) is 2.41. The second-order valence-electron chi connectivity index (χ2n) is 3.94. The molecule has 0 rings (SSSR count). The van der Waals surface area contributed by atoms with E-state index in [4.69, 9.17) is 6.42 Å². The van der Waals surface area contributed by atoms with Gasteiger partial charge in [-0.25, -0.2) is 0 Å². The summed E-state index contributed by atoms with van der Waals surface area (Å²) in [6.45, 7) is 10.7. The zero-order chi connectivity index (χ0) is 11.5. The van der Waals surface area contributed by atoms with Crippen molar-refractivity contribution in [2.45, 2.75) is 46.1 Å². The fraction of sp³-hybridized carbons (Fsp3) is 0.846. The largest absolute Gasteiger partial charge is 0.315 e. The summed E-state index contributed by atoms with van der Waals surface area (Å²) in [7, 11) is 0. The molecular formula is C13H26N2. The lowest BCUT2D eigenvalue weighted by atomic mass is 10.1. The standard InChI is InChI=1S/C13H26N2/c1-5-9-14-12-13(8-4)15(10-6-2)11-7-3/h2,13-14H,5,7-12H2,1,3-4H3. The summed E-state index contributed by atoms with van der Waals surface area (Å²) in [6.07, 6.45) is 8.93. The Labute approximate surface area is 95.4 Å². The average molecular weight is 210 g/mol. The SMILES string of the molecule is C#CCN(CCC)C(CC)CNCCC. The third kappa shape index (κ3) is 6.54. The van der Waals surface area contributed by atoms with Gasteiger partial charge in [0.15, 0.2) is 0 Å². The van der Waals surface area contributed by atoms with Crippen LogP contribution in [-0.2, 0) is 0 Å². The van der Waals surface area contributed by atoms with E-state index < -0.39 is 0 Å². The van der Waals surface area contributed by atoms with Crippen LogP contribution in [-0.4, -0.2) is 37.1 Å². The van der Waals surface area contributed by atoms with Gasteiger partial charge in [-0.05, 0) is 32.4 Å². The van der Waals surface area contributed by atoms with Crippen LogP contribution in [0.25, 0.3) is 0 Å². The Kier molecular flexibility index (Phi) is 9.67. The molecule has 0 aromatic heterocycles. The molecule has 0 aliphatic carbocycles. The van der Waals surface area contributed by atoms with Crippen molar-refractivity contribution >= 4 is 0 Å². The summed E-state index contributed by atoms with van der Waals surface area (Å²) >= 11 is 0. The maximum Gasteiger partial charge on any atom is 0.0601 e. The Balaban J connectivity index is 4.00. The topological polar surface area (TPSA) is 15.3 Å². The third-order valence-electron chi connectivity index (χ3n) is 2.60. The summed E-state index contributed by atoms with van der Waals surface area (Å²) < 4.78 is 0. The van der Waals surface area contributed by atoms with Crippen molar-refractivity contribution in [3.8, 4) is 12.3 Å². The van der Waals surface area contributed by atoms with Crippen molar-refractivity contribution in [2.75, 3.05) is 26.2 Å². The number of nitrogens with zero attached hydrogens (tertiary/aromatic N) is 1. The molecule has 1 N–H and O–H groups in total. The van der Waals surface area contributed by atoms with Crippen LogP contribution >= 0.6 is 0 Å². The van der Waals surface area contributed by atoms with Gasteiger partial charge in [0.2, 0.25) is 0 Å². The van der Waals surface area contributed by atoms with Crippen LogP contribution in [0.4, 0.5) is 0 Å². The van der Waals surface area contributed by atoms with Crippen LogP contribution in [0.2, 0.25) is 0 Å². The highest BCUT2D eigenvalue weighted by molar-refractivity contribution is 4.90. The summed E-state index contributed by atoms with van der Waals surface area (Å²) in [5, 5.41) is 3.47. The van der Waals surface area contributed by atoms with E-state index in [0.29, 0.717) is 6.04 Å². The van der Waals surface area contributed by atoms with Gasteiger partial charge in [0.25, 0.3) is 0 Å². The van der Waals surface area contributed by atoms with Gasteiger partial charge < -0.3 is 5.32 Å². The number of hydrogen-bond donors (Lipinski definition) is 1. The summed E-state index contributed by atoms with van der Waals surface area (Å²) in [5.74, 6) is 2.76. The molecule has 0 saturated heterocycles. The highest BCUT2D eigenvalue weighted by Crippen LogP contribution is 2.04. The van der Waals surface area contributed by atoms with E-state index in [9.17, 15) is 0 Å². The number of hydrogen-bond acceptors (Lipinski definition) is 2. The molecule has 0 aliphatic rings. The van der Waals surface area contributed by atoms with Crippen molar-refractivity contribution in [3.05, 3.63) is 0 Å². The Morgan fingerprint density at radius 2 is 2.00 bits per heavy atom. The van der Waals surface area contributed by atoms with Gasteiger partial charge >= 0.3 is 0 Å². The normalized spacial score (nSPS) is 12.7. The van der Waals surface area contributed by atoms with E-state index in [1.165, 1.54) is 19.3 Å². The van der Waals surface area contributed by atoms with Crippen LogP contribution in [0, 0.1) is 12.3 Å². The maximum absolute atomic E-state index is 5.39. The first kappa shape index (κ1) is 14.5. The van der Waals surface area contributed by atoms with Crippen molar-refractivity contribution < 1.29 is 0 Å². The highest BCUT2D eigenvalue weighted by atomic mass is 15.2. The van der Waals surface area contributed by atoms with E-state index in [0.717, 1.165) is 26.2 Å². The Hall–Kier alpha value is -0.520. The van der Waals surface area contributed by atoms with Crippen molar-refractivity contribution in [2.24, 2.45) is 0 Å². The molecule has 2 nitrogen and oxygen atoms in total. The Bertz CT molecular complexity index is 172. The van der Waals surface area contributed by atoms with Gasteiger partial charge in [-0.2, -0.15) is 0 Å². The van der Waals surface area contributed by atoms with E-state index in [1.807, 2.05) is 0 Å². The lowest BCUT2D eigenvalue weighted by Gasteiger charge is -2.29. The second-order valence-corrected chi connectivity index (χ2v) is 3.94. The van der Waals surface area contributed by atoms with E-state index >= 15 is 0 Å². The van der Waals surface area contributed by atoms with Gasteiger partial charge in [-0.15, -0.1) is 6.42 Å². The molecule has 88 valence electrons. The molecule has 15 heavy (non-hydrogen) atoms. The van der Waals surface area contributed by atoms with E-state index in [-0.39, 0.29) is 0 Å². The molecule has 0 saturated carbocycles. The molecule has 0 fully saturated rings. The predicted octanol–water partition coefficient (Wildman–Crippen LogP) is 2.11. The summed E-state index contributed by atoms with van der Waals surface area (Å²) in [5.41, 5.74) is 0. The first-order valence-corrected chi connectivity index (χ1v) is 6.18. The molecule has 0 aromatic carbocycles. The van der Waals surface area contributed by atoms with E-state index in [1.54, 1.807) is 0 Å². The quantitative estimate of drug-likeness (QED) is 0.463. The smallest absolute Gasteiger partial charge is 0.0601 e. The molecular weight excluding hydrogens is 184 g/mol. The van der Waals surface area contributed by atoms with Crippen molar-refractivity contribution in [1.82, 2.24) is 10.2 Å². The lowest BCUT2D eigenvalue weighted by Crippen LogP contribution is -2.42. The molecule has 0 amide bonds. The Morgan fingerprint density at radius 3 is 2.47 bits per heavy atom. The minimum Gasteiger partial charge on any atom is -0.315 e. The molecule has 1 atom stereocenters. The number of nitrogens with one attached hydrogen (secondary N) is 1. The van der Waals surface area contributed by atoms with Crippen molar-refractivity contribution in [1.29, 1.82) is 0 Å². The van der Waals surface area contributed by atoms with Crippen LogP contribution < -0.4 is 5.32 Å². The van der Waals surface area contributed by atoms with Crippen LogP contribution in [0.15, 0.2) is 0 Å². The van der Waals surface area contributed by atoms with Crippen LogP contribution in [0.1, 0.15) is 40.0 Å². The molecule has 0 aromatic rings. The molecule has 0 spiro atoms. The fourth-order valence-electron chi connectivity index (χ4n) is 1.77. The molecule has 1 unspecified atom stereocenters. The molecule has 0 heterocycles. The molecule has 2 heteroatoms. The van der Waals surface area contributed by atoms with E-state index in [2.05, 4.69) is 36.9 Å². The minimum atomic E-state index is 0.590. The zero-order valence-electron chi connectivity index (χ0n) is 10.6. The summed E-state index contributed by atoms with van der Waals surface area (Å²) in [6, 6.07) is 0.590. The monoisotopic (exact) mass is 210 g/mol.